The van der Waals surface area contributed by atoms with Crippen molar-refractivity contribution in [2.24, 2.45) is 17.1 Å². The molecule has 0 aliphatic rings. The van der Waals surface area contributed by atoms with Crippen LogP contribution in [0.25, 0.3) is 0 Å². The fraction of sp³-hybridized carbons (Fsp3) is 0.800. The number of amides is 1. The van der Waals surface area contributed by atoms with E-state index in [1.807, 2.05) is 0 Å². The average Bonchev–Trinajstić information content (AvgIpc) is 2.12. The molecular weight excluding hydrogens is 196 g/mol. The normalized spacial score (nSPS) is 13.7. The Morgan fingerprint density at radius 2 is 1.87 bits per heavy atom. The fourth-order valence-corrected chi connectivity index (χ4v) is 0.943. The number of carbonyl (C=O) groups excluding carboxylic acids is 1. The molecule has 5 nitrogen and oxygen atoms in total. The van der Waals surface area contributed by atoms with Crippen molar-refractivity contribution in [2.45, 2.75) is 33.7 Å². The van der Waals surface area contributed by atoms with Gasteiger partial charge in [-0.2, -0.15) is 0 Å². The van der Waals surface area contributed by atoms with E-state index >= 15 is 0 Å². The van der Waals surface area contributed by atoms with E-state index in [0.29, 0.717) is 0 Å². The van der Waals surface area contributed by atoms with Gasteiger partial charge in [-0.1, -0.05) is 13.8 Å². The van der Waals surface area contributed by atoms with Crippen molar-refractivity contribution in [1.82, 2.24) is 5.32 Å². The summed E-state index contributed by atoms with van der Waals surface area (Å²) in [4.78, 5) is 22.5. The zero-order chi connectivity index (χ0) is 12.2. The Labute approximate surface area is 90.0 Å². The number of hydrogen-bond acceptors (Lipinski definition) is 3. The SMILES string of the molecule is CC(C)C(NC(=O)C(C)(C)CN)C(=O)O. The van der Waals surface area contributed by atoms with Gasteiger partial charge >= 0.3 is 5.97 Å². The molecule has 0 bridgehead atoms. The molecule has 1 atom stereocenters. The van der Waals surface area contributed by atoms with Crippen LogP contribution in [0.2, 0.25) is 0 Å². The van der Waals surface area contributed by atoms with Crippen LogP contribution in [0.15, 0.2) is 0 Å². The van der Waals surface area contributed by atoms with Crippen LogP contribution in [0.1, 0.15) is 27.7 Å². The van der Waals surface area contributed by atoms with Crippen LogP contribution in [-0.4, -0.2) is 29.6 Å². The van der Waals surface area contributed by atoms with Gasteiger partial charge in [0.2, 0.25) is 5.91 Å². The summed E-state index contributed by atoms with van der Waals surface area (Å²) >= 11 is 0. The number of carbonyl (C=O) groups is 2. The molecule has 4 N–H and O–H groups in total. The lowest BCUT2D eigenvalue weighted by atomic mass is 9.91. The first-order chi connectivity index (χ1) is 6.72. The largest absolute Gasteiger partial charge is 0.480 e. The topological polar surface area (TPSA) is 92.4 Å². The first kappa shape index (κ1) is 13.9. The predicted molar refractivity (Wildman–Crippen MR) is 57.2 cm³/mol. The van der Waals surface area contributed by atoms with Crippen molar-refractivity contribution in [1.29, 1.82) is 0 Å². The van der Waals surface area contributed by atoms with E-state index < -0.39 is 17.4 Å². The highest BCUT2D eigenvalue weighted by molar-refractivity contribution is 5.87. The quantitative estimate of drug-likeness (QED) is 0.612. The highest BCUT2D eigenvalue weighted by Crippen LogP contribution is 2.14. The summed E-state index contributed by atoms with van der Waals surface area (Å²) in [6.07, 6.45) is 0. The summed E-state index contributed by atoms with van der Waals surface area (Å²) < 4.78 is 0. The van der Waals surface area contributed by atoms with E-state index in [0.717, 1.165) is 0 Å². The molecule has 0 aliphatic carbocycles. The lowest BCUT2D eigenvalue weighted by molar-refractivity contribution is -0.144. The second-order valence-corrected chi connectivity index (χ2v) is 4.62. The molecule has 0 aliphatic heterocycles. The van der Waals surface area contributed by atoms with Crippen LogP contribution in [0.5, 0.6) is 0 Å². The molecule has 0 spiro atoms. The van der Waals surface area contributed by atoms with E-state index in [4.69, 9.17) is 10.8 Å². The predicted octanol–water partition coefficient (Wildman–Crippen LogP) is 0.197. The fourth-order valence-electron chi connectivity index (χ4n) is 0.943. The number of carboxylic acids is 1. The number of hydrogen-bond donors (Lipinski definition) is 3. The Morgan fingerprint density at radius 3 is 2.13 bits per heavy atom. The van der Waals surface area contributed by atoms with Crippen LogP contribution in [-0.2, 0) is 9.59 Å². The second kappa shape index (κ2) is 5.11. The molecule has 88 valence electrons. The Morgan fingerprint density at radius 1 is 1.40 bits per heavy atom. The molecular formula is C10H20N2O3. The van der Waals surface area contributed by atoms with E-state index in [1.165, 1.54) is 0 Å². The first-order valence-corrected chi connectivity index (χ1v) is 4.96. The van der Waals surface area contributed by atoms with Crippen molar-refractivity contribution in [2.75, 3.05) is 6.54 Å². The summed E-state index contributed by atoms with van der Waals surface area (Å²) in [6.45, 7) is 7.04. The Hall–Kier alpha value is -1.10. The molecule has 1 unspecified atom stereocenters. The molecule has 0 radical (unpaired) electrons. The van der Waals surface area contributed by atoms with Gasteiger partial charge in [-0.25, -0.2) is 4.79 Å². The third kappa shape index (κ3) is 3.87. The maximum atomic E-state index is 11.7. The number of carboxylic acid groups (broad SMARTS) is 1. The molecule has 0 heterocycles. The molecule has 0 rings (SSSR count). The maximum absolute atomic E-state index is 11.7. The summed E-state index contributed by atoms with van der Waals surface area (Å²) in [5.41, 5.74) is 4.69. The minimum Gasteiger partial charge on any atom is -0.480 e. The molecule has 0 aromatic heterocycles. The van der Waals surface area contributed by atoms with Gasteiger partial charge in [0, 0.05) is 6.54 Å². The average molecular weight is 216 g/mol. The van der Waals surface area contributed by atoms with Crippen LogP contribution in [0.3, 0.4) is 0 Å². The van der Waals surface area contributed by atoms with Crippen LogP contribution < -0.4 is 11.1 Å². The molecule has 1 amide bonds. The van der Waals surface area contributed by atoms with Crippen molar-refractivity contribution in [3.8, 4) is 0 Å². The Bertz CT molecular complexity index is 249. The van der Waals surface area contributed by atoms with Crippen molar-refractivity contribution >= 4 is 11.9 Å². The van der Waals surface area contributed by atoms with Crippen LogP contribution in [0.4, 0.5) is 0 Å². The smallest absolute Gasteiger partial charge is 0.326 e. The summed E-state index contributed by atoms with van der Waals surface area (Å²) in [5, 5.41) is 11.4. The summed E-state index contributed by atoms with van der Waals surface area (Å²) in [5.74, 6) is -1.50. The van der Waals surface area contributed by atoms with E-state index in [2.05, 4.69) is 5.32 Å². The zero-order valence-corrected chi connectivity index (χ0v) is 9.70. The van der Waals surface area contributed by atoms with Gasteiger partial charge < -0.3 is 16.2 Å². The third-order valence-electron chi connectivity index (χ3n) is 2.34. The number of nitrogens with one attached hydrogen (secondary N) is 1. The molecule has 0 aromatic carbocycles. The van der Waals surface area contributed by atoms with Gasteiger partial charge in [0.15, 0.2) is 0 Å². The third-order valence-corrected chi connectivity index (χ3v) is 2.34. The molecule has 0 saturated heterocycles. The van der Waals surface area contributed by atoms with E-state index in [-0.39, 0.29) is 18.4 Å². The van der Waals surface area contributed by atoms with Gasteiger partial charge in [0.1, 0.15) is 6.04 Å². The molecule has 0 fully saturated rings. The van der Waals surface area contributed by atoms with Gasteiger partial charge in [0.25, 0.3) is 0 Å². The van der Waals surface area contributed by atoms with Crippen LogP contribution in [0, 0.1) is 11.3 Å². The number of rotatable bonds is 5. The minimum atomic E-state index is -1.02. The standard InChI is InChI=1S/C10H20N2O3/c1-6(2)7(8(13)14)12-9(15)10(3,4)5-11/h6-7H,5,11H2,1-4H3,(H,12,15)(H,13,14). The number of nitrogens with two attached hydrogens (primary N) is 1. The summed E-state index contributed by atoms with van der Waals surface area (Å²) in [6, 6.07) is -0.858. The Kier molecular flexibility index (Phi) is 4.74. The summed E-state index contributed by atoms with van der Waals surface area (Å²) in [7, 11) is 0. The first-order valence-electron chi connectivity index (χ1n) is 4.96. The number of aliphatic carboxylic acids is 1. The van der Waals surface area contributed by atoms with Gasteiger partial charge in [-0.05, 0) is 19.8 Å². The van der Waals surface area contributed by atoms with E-state index in [1.54, 1.807) is 27.7 Å². The lowest BCUT2D eigenvalue weighted by Crippen LogP contribution is -2.50. The Balaban J connectivity index is 4.57. The van der Waals surface area contributed by atoms with Gasteiger partial charge in [-0.15, -0.1) is 0 Å². The van der Waals surface area contributed by atoms with Gasteiger partial charge in [-0.3, -0.25) is 4.79 Å². The molecule has 15 heavy (non-hydrogen) atoms. The van der Waals surface area contributed by atoms with Gasteiger partial charge in [0.05, 0.1) is 5.41 Å². The van der Waals surface area contributed by atoms with Crippen molar-refractivity contribution in [3.05, 3.63) is 0 Å². The van der Waals surface area contributed by atoms with Crippen molar-refractivity contribution in [3.63, 3.8) is 0 Å². The molecule has 0 saturated carbocycles. The minimum absolute atomic E-state index is 0.153. The second-order valence-electron chi connectivity index (χ2n) is 4.62. The monoisotopic (exact) mass is 216 g/mol. The molecule has 5 heteroatoms. The zero-order valence-electron chi connectivity index (χ0n) is 9.70. The highest BCUT2D eigenvalue weighted by atomic mass is 16.4. The van der Waals surface area contributed by atoms with E-state index in [9.17, 15) is 9.59 Å². The molecule has 0 aromatic rings. The highest BCUT2D eigenvalue weighted by Gasteiger charge is 2.31. The van der Waals surface area contributed by atoms with Crippen LogP contribution >= 0.6 is 0 Å². The lowest BCUT2D eigenvalue weighted by Gasteiger charge is -2.25. The van der Waals surface area contributed by atoms with Crippen molar-refractivity contribution < 1.29 is 14.7 Å². The maximum Gasteiger partial charge on any atom is 0.326 e.